The van der Waals surface area contributed by atoms with Crippen LogP contribution in [0.5, 0.6) is 0 Å². The molecule has 0 amide bonds. The molecule has 0 saturated heterocycles. The summed E-state index contributed by atoms with van der Waals surface area (Å²) >= 11 is 0. The highest BCUT2D eigenvalue weighted by Gasteiger charge is 2.15. The minimum Gasteiger partial charge on any atom is -0.354 e. The van der Waals surface area contributed by atoms with Gasteiger partial charge in [0, 0.05) is 22.0 Å². The van der Waals surface area contributed by atoms with Crippen molar-refractivity contribution in [3.63, 3.8) is 0 Å². The second-order valence-electron chi connectivity index (χ2n) is 9.05. The molecule has 0 aliphatic heterocycles. The number of hydrogen-bond donors (Lipinski definition) is 1. The molecule has 0 fully saturated rings. The first-order valence-corrected chi connectivity index (χ1v) is 12.0. The number of benzene rings is 7. The van der Waals surface area contributed by atoms with Crippen LogP contribution >= 0.6 is 0 Å². The van der Waals surface area contributed by atoms with Crippen molar-refractivity contribution in [1.29, 1.82) is 0 Å². The molecule has 0 saturated carbocycles. The topological polar surface area (TPSA) is 12.0 Å². The molecule has 1 N–H and O–H groups in total. The Labute approximate surface area is 204 Å². The minimum atomic E-state index is 1.11. The predicted molar refractivity (Wildman–Crippen MR) is 152 cm³/mol. The predicted octanol–water partition coefficient (Wildman–Crippen LogP) is 9.71. The second kappa shape index (κ2) is 8.00. The summed E-state index contributed by atoms with van der Waals surface area (Å²) in [5, 5.41) is 13.8. The Hall–Kier alpha value is -4.62. The summed E-state index contributed by atoms with van der Waals surface area (Å²) in [6.45, 7) is 0. The molecule has 7 aromatic rings. The summed E-state index contributed by atoms with van der Waals surface area (Å²) in [5.41, 5.74) is 4.74. The zero-order valence-corrected chi connectivity index (χ0v) is 19.2. The Morgan fingerprint density at radius 1 is 0.371 bits per heavy atom. The maximum absolute atomic E-state index is 3.91. The number of hydrogen-bond acceptors (Lipinski definition) is 1. The van der Waals surface area contributed by atoms with Gasteiger partial charge in [0.1, 0.15) is 0 Å². The molecule has 0 atom stereocenters. The molecule has 7 rings (SSSR count). The van der Waals surface area contributed by atoms with Crippen molar-refractivity contribution >= 4 is 54.5 Å². The summed E-state index contributed by atoms with van der Waals surface area (Å²) in [6, 6.07) is 47.9. The second-order valence-corrected chi connectivity index (χ2v) is 9.05. The monoisotopic (exact) mass is 445 g/mol. The lowest BCUT2D eigenvalue weighted by atomic mass is 9.92. The van der Waals surface area contributed by atoms with Gasteiger partial charge in [-0.1, -0.05) is 121 Å². The Morgan fingerprint density at radius 2 is 0.886 bits per heavy atom. The first-order valence-electron chi connectivity index (χ1n) is 12.0. The van der Waals surface area contributed by atoms with E-state index in [0.717, 1.165) is 11.4 Å². The van der Waals surface area contributed by atoms with E-state index in [4.69, 9.17) is 0 Å². The largest absolute Gasteiger partial charge is 0.354 e. The number of anilines is 2. The molecule has 0 radical (unpaired) electrons. The zero-order chi connectivity index (χ0) is 23.2. The highest BCUT2D eigenvalue weighted by Crippen LogP contribution is 2.42. The van der Waals surface area contributed by atoms with Crippen LogP contribution in [-0.2, 0) is 0 Å². The van der Waals surface area contributed by atoms with Crippen molar-refractivity contribution in [2.45, 2.75) is 0 Å². The third-order valence-corrected chi connectivity index (χ3v) is 7.02. The molecule has 1 nitrogen and oxygen atoms in total. The van der Waals surface area contributed by atoms with Crippen LogP contribution in [-0.4, -0.2) is 0 Å². The smallest absolute Gasteiger partial charge is 0.0543 e. The SMILES string of the molecule is c1ccc2c(-c3c(Nc4c5ccccc5cc5ccccc45)ccc4ccccc34)cccc2c1. The molecule has 35 heavy (non-hydrogen) atoms. The molecule has 1 heteroatoms. The van der Waals surface area contributed by atoms with Crippen LogP contribution in [0.2, 0.25) is 0 Å². The van der Waals surface area contributed by atoms with Gasteiger partial charge < -0.3 is 5.32 Å². The van der Waals surface area contributed by atoms with Crippen molar-refractivity contribution in [2.24, 2.45) is 0 Å². The van der Waals surface area contributed by atoms with Crippen LogP contribution in [0.15, 0.2) is 133 Å². The van der Waals surface area contributed by atoms with Crippen LogP contribution in [0.1, 0.15) is 0 Å². The molecule has 0 aliphatic carbocycles. The van der Waals surface area contributed by atoms with Crippen molar-refractivity contribution in [3.8, 4) is 11.1 Å². The van der Waals surface area contributed by atoms with Gasteiger partial charge in [-0.2, -0.15) is 0 Å². The van der Waals surface area contributed by atoms with Crippen molar-refractivity contribution in [1.82, 2.24) is 0 Å². The van der Waals surface area contributed by atoms with Gasteiger partial charge in [-0.15, -0.1) is 0 Å². The van der Waals surface area contributed by atoms with Crippen LogP contribution in [0.4, 0.5) is 11.4 Å². The summed E-state index contributed by atoms with van der Waals surface area (Å²) in [5.74, 6) is 0. The Balaban J connectivity index is 1.56. The number of nitrogens with one attached hydrogen (secondary N) is 1. The molecule has 7 aromatic carbocycles. The molecule has 0 heterocycles. The van der Waals surface area contributed by atoms with Crippen LogP contribution in [0.3, 0.4) is 0 Å². The summed E-state index contributed by atoms with van der Waals surface area (Å²) in [6.07, 6.45) is 0. The standard InChI is InChI=1S/C34H23N/c1-5-15-27-23(10-1)14-9-19-31(27)33-28-16-6-2-11-24(28)20-21-32(33)35-34-29-17-7-3-12-25(29)22-26-13-4-8-18-30(26)34/h1-22,35H. The van der Waals surface area contributed by atoms with Gasteiger partial charge in [0.25, 0.3) is 0 Å². The van der Waals surface area contributed by atoms with E-state index in [2.05, 4.69) is 139 Å². The molecule has 0 unspecified atom stereocenters. The first kappa shape index (κ1) is 19.8. The first-order chi connectivity index (χ1) is 17.4. The van der Waals surface area contributed by atoms with E-state index in [9.17, 15) is 0 Å². The molecule has 164 valence electrons. The lowest BCUT2D eigenvalue weighted by molar-refractivity contribution is 1.60. The van der Waals surface area contributed by atoms with E-state index < -0.39 is 0 Å². The van der Waals surface area contributed by atoms with E-state index in [1.165, 1.54) is 54.2 Å². The number of rotatable bonds is 3. The lowest BCUT2D eigenvalue weighted by Gasteiger charge is -2.19. The molecular weight excluding hydrogens is 422 g/mol. The quantitative estimate of drug-likeness (QED) is 0.267. The summed E-state index contributed by atoms with van der Waals surface area (Å²) in [7, 11) is 0. The molecular formula is C34H23N. The van der Waals surface area contributed by atoms with Gasteiger partial charge in [-0.3, -0.25) is 0 Å². The fraction of sp³-hybridized carbons (Fsp3) is 0. The van der Waals surface area contributed by atoms with Crippen molar-refractivity contribution in [2.75, 3.05) is 5.32 Å². The van der Waals surface area contributed by atoms with Crippen molar-refractivity contribution < 1.29 is 0 Å². The summed E-state index contributed by atoms with van der Waals surface area (Å²) < 4.78 is 0. The Bertz CT molecular complexity index is 1820. The Morgan fingerprint density at radius 3 is 1.57 bits per heavy atom. The van der Waals surface area contributed by atoms with Gasteiger partial charge in [0.15, 0.2) is 0 Å². The minimum absolute atomic E-state index is 1.11. The van der Waals surface area contributed by atoms with Crippen LogP contribution in [0.25, 0.3) is 54.2 Å². The fourth-order valence-corrected chi connectivity index (χ4v) is 5.39. The van der Waals surface area contributed by atoms with Gasteiger partial charge in [0.2, 0.25) is 0 Å². The van der Waals surface area contributed by atoms with E-state index >= 15 is 0 Å². The maximum Gasteiger partial charge on any atom is 0.0543 e. The molecule has 0 aliphatic rings. The molecule has 0 spiro atoms. The van der Waals surface area contributed by atoms with Gasteiger partial charge in [0.05, 0.1) is 5.69 Å². The fourth-order valence-electron chi connectivity index (χ4n) is 5.39. The molecule has 0 aromatic heterocycles. The average molecular weight is 446 g/mol. The maximum atomic E-state index is 3.91. The van der Waals surface area contributed by atoms with Gasteiger partial charge in [-0.05, 0) is 50.0 Å². The number of fused-ring (bicyclic) bond motifs is 4. The van der Waals surface area contributed by atoms with E-state index in [1.807, 2.05) is 0 Å². The van der Waals surface area contributed by atoms with Gasteiger partial charge in [-0.25, -0.2) is 0 Å². The lowest BCUT2D eigenvalue weighted by Crippen LogP contribution is -1.97. The zero-order valence-electron chi connectivity index (χ0n) is 19.2. The third kappa shape index (κ3) is 3.25. The van der Waals surface area contributed by atoms with E-state index in [0.29, 0.717) is 0 Å². The van der Waals surface area contributed by atoms with E-state index in [-0.39, 0.29) is 0 Å². The van der Waals surface area contributed by atoms with Crippen molar-refractivity contribution in [3.05, 3.63) is 133 Å². The molecule has 0 bridgehead atoms. The summed E-state index contributed by atoms with van der Waals surface area (Å²) in [4.78, 5) is 0. The third-order valence-electron chi connectivity index (χ3n) is 7.02. The van der Waals surface area contributed by atoms with Crippen LogP contribution < -0.4 is 5.32 Å². The van der Waals surface area contributed by atoms with Crippen LogP contribution in [0, 0.1) is 0 Å². The average Bonchev–Trinajstić information content (AvgIpc) is 2.92. The Kier molecular flexibility index (Phi) is 4.53. The normalized spacial score (nSPS) is 11.4. The van der Waals surface area contributed by atoms with Gasteiger partial charge >= 0.3 is 0 Å². The highest BCUT2D eigenvalue weighted by atomic mass is 14.9. The van der Waals surface area contributed by atoms with E-state index in [1.54, 1.807) is 0 Å². The highest BCUT2D eigenvalue weighted by molar-refractivity contribution is 6.15.